The highest BCUT2D eigenvalue weighted by Crippen LogP contribution is 2.23. The number of benzene rings is 2. The van der Waals surface area contributed by atoms with Crippen LogP contribution in [-0.2, 0) is 89.5 Å². The average Bonchev–Trinajstić information content (AvgIpc) is 3.53. The Bertz CT molecular complexity index is 2120. The third kappa shape index (κ3) is 48.7. The number of carboxylic acids is 3. The van der Waals surface area contributed by atoms with Gasteiger partial charge < -0.3 is 64.4 Å². The van der Waals surface area contributed by atoms with Gasteiger partial charge in [0.15, 0.2) is 0 Å². The molecule has 86 heavy (non-hydrogen) atoms. The molecule has 4 fully saturated rings. The molecule has 22 nitrogen and oxygen atoms in total. The van der Waals surface area contributed by atoms with Gasteiger partial charge in [-0.15, -0.1) is 0 Å². The zero-order valence-electron chi connectivity index (χ0n) is 50.5. The van der Waals surface area contributed by atoms with E-state index in [9.17, 15) is 43.2 Å². The van der Waals surface area contributed by atoms with Gasteiger partial charge in [0.2, 0.25) is 0 Å². The van der Waals surface area contributed by atoms with E-state index in [0.29, 0.717) is 32.8 Å². The van der Waals surface area contributed by atoms with Crippen LogP contribution in [0.25, 0.3) is 0 Å². The van der Waals surface area contributed by atoms with Gasteiger partial charge in [0.05, 0.1) is 71.0 Å². The Balaban J connectivity index is 0.000000550. The van der Waals surface area contributed by atoms with E-state index in [4.69, 9.17) is 58.7 Å². The second-order valence-corrected chi connectivity index (χ2v) is 21.2. The highest BCUT2D eigenvalue weighted by atomic mass is 16.6. The molecule has 0 bridgehead atoms. The molecule has 0 aliphatic heterocycles. The highest BCUT2D eigenvalue weighted by Gasteiger charge is 2.21. The molecule has 4 saturated carbocycles. The number of aliphatic carboxylic acids is 3. The van der Waals surface area contributed by atoms with Crippen LogP contribution in [0.3, 0.4) is 0 Å². The van der Waals surface area contributed by atoms with Crippen LogP contribution < -0.4 is 5.73 Å². The van der Waals surface area contributed by atoms with Crippen LogP contribution in [-0.4, -0.2) is 137 Å². The zero-order chi connectivity index (χ0) is 63.3. The first-order valence-corrected chi connectivity index (χ1v) is 30.8. The number of carbonyl (C=O) groups is 9. The van der Waals surface area contributed by atoms with Crippen molar-refractivity contribution in [2.75, 3.05) is 33.0 Å². The van der Waals surface area contributed by atoms with Crippen molar-refractivity contribution in [3.05, 3.63) is 71.8 Å². The smallest absolute Gasteiger partial charge is 0.317 e. The second kappa shape index (κ2) is 52.8. The molecule has 22 heteroatoms. The fourth-order valence-electron chi connectivity index (χ4n) is 8.83. The highest BCUT2D eigenvalue weighted by molar-refractivity contribution is 5.78. The van der Waals surface area contributed by atoms with Gasteiger partial charge in [0.1, 0.15) is 24.9 Å². The molecule has 4 aliphatic carbocycles. The third-order valence-corrected chi connectivity index (χ3v) is 13.5. The van der Waals surface area contributed by atoms with Gasteiger partial charge in [0, 0.05) is 26.1 Å². The van der Waals surface area contributed by atoms with Crippen LogP contribution in [0, 0.1) is 0 Å². The van der Waals surface area contributed by atoms with Crippen molar-refractivity contribution >= 4 is 53.7 Å². The van der Waals surface area contributed by atoms with Gasteiger partial charge in [-0.05, 0) is 127 Å². The maximum Gasteiger partial charge on any atom is 0.317 e. The lowest BCUT2D eigenvalue weighted by molar-refractivity contribution is -0.155. The Morgan fingerprint density at radius 2 is 0.733 bits per heavy atom. The van der Waals surface area contributed by atoms with Crippen molar-refractivity contribution < 1.29 is 102 Å². The molecular formula is C64H99NO21. The number of carbonyl (C=O) groups excluding carboxylic acids is 6. The molecule has 2 aromatic rings. The van der Waals surface area contributed by atoms with Gasteiger partial charge in [-0.25, -0.2) is 0 Å². The molecule has 0 spiro atoms. The SMILES string of the molecule is NCC(=O)O.O=C(CCC(=O)OC1CCCCC1)OCCCCOCc1ccccc1.O=C(CCCO)OCc1ccccc1.O=C(O)CCC(=O)OC1CCCCC1.O=C(O)CCCOC(=O)CCC(=O)OC1CCCCC1.OC1CCCCC1. The Labute approximate surface area is 507 Å². The Kier molecular flexibility index (Phi) is 47.6. The van der Waals surface area contributed by atoms with E-state index in [1.165, 1.54) is 38.5 Å². The Morgan fingerprint density at radius 3 is 1.10 bits per heavy atom. The number of rotatable bonds is 29. The molecular weight excluding hydrogens is 1120 g/mol. The van der Waals surface area contributed by atoms with Crippen molar-refractivity contribution in [2.45, 2.75) is 243 Å². The summed E-state index contributed by atoms with van der Waals surface area (Å²) in [5, 5.41) is 41.8. The Morgan fingerprint density at radius 1 is 0.384 bits per heavy atom. The van der Waals surface area contributed by atoms with E-state index in [1.807, 2.05) is 60.7 Å². The summed E-state index contributed by atoms with van der Waals surface area (Å²) in [6, 6.07) is 19.5. The number of esters is 6. The van der Waals surface area contributed by atoms with E-state index in [2.05, 4.69) is 5.73 Å². The molecule has 0 amide bonds. The number of unbranched alkanes of at least 4 members (excludes halogenated alkanes) is 1. The summed E-state index contributed by atoms with van der Waals surface area (Å²) in [6.45, 7) is 1.74. The molecule has 486 valence electrons. The summed E-state index contributed by atoms with van der Waals surface area (Å²) in [5.41, 5.74) is 6.70. The molecule has 0 aromatic heterocycles. The zero-order valence-corrected chi connectivity index (χ0v) is 50.5. The van der Waals surface area contributed by atoms with E-state index in [-0.39, 0.29) is 132 Å². The van der Waals surface area contributed by atoms with E-state index >= 15 is 0 Å². The van der Waals surface area contributed by atoms with Crippen molar-refractivity contribution in [1.29, 1.82) is 0 Å². The van der Waals surface area contributed by atoms with Crippen molar-refractivity contribution in [1.82, 2.24) is 0 Å². The first kappa shape index (κ1) is 77.5. The lowest BCUT2D eigenvalue weighted by Gasteiger charge is -2.21. The number of aliphatic hydroxyl groups excluding tert-OH is 2. The molecule has 2 aromatic carbocycles. The van der Waals surface area contributed by atoms with Gasteiger partial charge >= 0.3 is 53.7 Å². The van der Waals surface area contributed by atoms with Gasteiger partial charge in [-0.3, -0.25) is 43.2 Å². The number of aliphatic hydroxyl groups is 2. The summed E-state index contributed by atoms with van der Waals surface area (Å²) in [4.78, 5) is 98.1. The summed E-state index contributed by atoms with van der Waals surface area (Å²) in [7, 11) is 0. The van der Waals surface area contributed by atoms with E-state index < -0.39 is 23.9 Å². The maximum atomic E-state index is 11.7. The minimum atomic E-state index is -0.968. The molecule has 4 aliphatic rings. The monoisotopic (exact) mass is 1220 g/mol. The summed E-state index contributed by atoms with van der Waals surface area (Å²) in [5.74, 6) is -4.95. The quantitative estimate of drug-likeness (QED) is 0.0250. The van der Waals surface area contributed by atoms with Gasteiger partial charge in [-0.1, -0.05) is 99.2 Å². The van der Waals surface area contributed by atoms with Crippen LogP contribution in [0.2, 0.25) is 0 Å². The van der Waals surface area contributed by atoms with E-state index in [1.54, 1.807) is 0 Å². The topological polar surface area (TPSA) is 345 Å². The molecule has 0 unspecified atom stereocenters. The normalized spacial score (nSPS) is 15.1. The van der Waals surface area contributed by atoms with Crippen molar-refractivity contribution in [3.63, 3.8) is 0 Å². The van der Waals surface area contributed by atoms with Crippen LogP contribution in [0.4, 0.5) is 0 Å². The lowest BCUT2D eigenvalue weighted by Crippen LogP contribution is -2.21. The molecule has 0 radical (unpaired) electrons. The fourth-order valence-corrected chi connectivity index (χ4v) is 8.83. The number of hydrogen-bond acceptors (Lipinski definition) is 19. The van der Waals surface area contributed by atoms with Crippen LogP contribution in [0.15, 0.2) is 60.7 Å². The first-order chi connectivity index (χ1) is 41.5. The van der Waals surface area contributed by atoms with Crippen LogP contribution >= 0.6 is 0 Å². The Hall–Kier alpha value is -6.49. The van der Waals surface area contributed by atoms with E-state index in [0.717, 1.165) is 114 Å². The predicted octanol–water partition coefficient (Wildman–Crippen LogP) is 9.80. The second-order valence-electron chi connectivity index (χ2n) is 21.2. The fraction of sp³-hybridized carbons (Fsp3) is 0.672. The number of hydrogen-bond donors (Lipinski definition) is 6. The summed E-state index contributed by atoms with van der Waals surface area (Å²) < 4.78 is 36.3. The average molecular weight is 1220 g/mol. The molecule has 0 heterocycles. The van der Waals surface area contributed by atoms with Gasteiger partial charge in [0.25, 0.3) is 0 Å². The van der Waals surface area contributed by atoms with Crippen molar-refractivity contribution in [2.24, 2.45) is 5.73 Å². The van der Waals surface area contributed by atoms with Gasteiger partial charge in [-0.2, -0.15) is 0 Å². The first-order valence-electron chi connectivity index (χ1n) is 30.8. The molecule has 6 rings (SSSR count). The lowest BCUT2D eigenvalue weighted by atomic mass is 9.98. The van der Waals surface area contributed by atoms with Crippen LogP contribution in [0.1, 0.15) is 217 Å². The minimum absolute atomic E-state index is 0.00263. The standard InChI is InChI=1S/C21H30O5.C14H22O6.C11H14O3.C10H16O4.C6H12O.C2H5NO2/c22-20(13-14-21(23)26-19-11-5-2-6-12-19)25-16-8-7-15-24-17-18-9-3-1-4-10-18;15-12(16)7-4-10-19-13(17)8-9-14(18)20-11-5-2-1-3-6-11;12-8-4-7-11(13)14-9-10-5-2-1-3-6-10;11-9(12)6-7-10(13)14-8-4-2-1-3-5-8;7-6-4-2-1-3-5-6;3-1-2(4)5/h1,3-4,9-10,19H,2,5-8,11-17H2;11H,1-10H2,(H,15,16);1-3,5-6,12H,4,7-9H2;8H,1-7H2,(H,11,12);6-7H,1-5H2;1,3H2,(H,4,5). The number of ether oxygens (including phenoxy) is 7. The molecule has 0 saturated heterocycles. The summed E-state index contributed by atoms with van der Waals surface area (Å²) >= 11 is 0. The minimum Gasteiger partial charge on any atom is -0.481 e. The summed E-state index contributed by atoms with van der Waals surface area (Å²) in [6.07, 6.45) is 24.5. The van der Waals surface area contributed by atoms with Crippen molar-refractivity contribution in [3.8, 4) is 0 Å². The number of carboxylic acid groups (broad SMARTS) is 3. The molecule has 0 atom stereocenters. The largest absolute Gasteiger partial charge is 0.481 e. The predicted molar refractivity (Wildman–Crippen MR) is 317 cm³/mol. The number of nitrogens with two attached hydrogens (primary N) is 1. The van der Waals surface area contributed by atoms with Crippen LogP contribution in [0.5, 0.6) is 0 Å². The maximum absolute atomic E-state index is 11.7. The third-order valence-electron chi connectivity index (χ3n) is 13.5. The molecule has 7 N–H and O–H groups in total.